The van der Waals surface area contributed by atoms with Crippen molar-refractivity contribution in [3.05, 3.63) is 62.5 Å². The molecule has 186 valence electrons. The zero-order chi connectivity index (χ0) is 25.6. The topological polar surface area (TPSA) is 165 Å². The molecule has 1 aromatic carbocycles. The Morgan fingerprint density at radius 2 is 1.57 bits per heavy atom. The maximum absolute atomic E-state index is 13.0. The first-order chi connectivity index (χ1) is 15.9. The zero-order valence-corrected chi connectivity index (χ0v) is 22.9. The summed E-state index contributed by atoms with van der Waals surface area (Å²) < 4.78 is 47.3. The van der Waals surface area contributed by atoms with Gasteiger partial charge in [0.1, 0.15) is 0 Å². The standard InChI is InChI=1S/C21H26N2O10S.Na/c1-5-31-20(24)17-13(3)22(10-11-33-34(28,29)30)14(4)18(21(25)32-6-2)19(17)15-8-7-9-16(12-15)23(26)27;/h7-9,12,19H,5-6,10-11H2,1-4H3,(H,28,29,30);/q;+1/p-1. The van der Waals surface area contributed by atoms with E-state index >= 15 is 0 Å². The Balaban J connectivity index is 0.00000612. The second-order valence-corrected chi connectivity index (χ2v) is 8.16. The van der Waals surface area contributed by atoms with Crippen LogP contribution in [0.3, 0.4) is 0 Å². The number of non-ortho nitro benzene ring substituents is 1. The first kappa shape index (κ1) is 30.7. The van der Waals surface area contributed by atoms with Gasteiger partial charge in [-0.25, -0.2) is 18.0 Å². The molecule has 0 unspecified atom stereocenters. The molecule has 0 N–H and O–H groups in total. The van der Waals surface area contributed by atoms with E-state index < -0.39 is 39.8 Å². The molecule has 0 fully saturated rings. The third-order valence-electron chi connectivity index (χ3n) is 5.11. The number of carbonyl (C=O) groups excluding carboxylic acids is 2. The van der Waals surface area contributed by atoms with Gasteiger partial charge in [-0.15, -0.1) is 0 Å². The number of nitro benzene ring substituents is 1. The van der Waals surface area contributed by atoms with Crippen molar-refractivity contribution < 1.29 is 70.7 Å². The van der Waals surface area contributed by atoms with Crippen LogP contribution in [0.25, 0.3) is 0 Å². The van der Waals surface area contributed by atoms with Gasteiger partial charge in [-0.3, -0.25) is 14.3 Å². The third-order valence-corrected chi connectivity index (χ3v) is 5.57. The molecule has 0 saturated carbocycles. The number of esters is 2. The number of benzene rings is 1. The molecule has 0 saturated heterocycles. The average molecular weight is 520 g/mol. The third kappa shape index (κ3) is 7.59. The summed E-state index contributed by atoms with van der Waals surface area (Å²) >= 11 is 0. The van der Waals surface area contributed by atoms with E-state index in [0.29, 0.717) is 11.4 Å². The Morgan fingerprint density at radius 1 is 1.06 bits per heavy atom. The summed E-state index contributed by atoms with van der Waals surface area (Å²) in [6, 6.07) is 5.51. The van der Waals surface area contributed by atoms with E-state index in [2.05, 4.69) is 4.18 Å². The zero-order valence-electron chi connectivity index (χ0n) is 20.1. The summed E-state index contributed by atoms with van der Waals surface area (Å²) in [5, 5.41) is 11.4. The van der Waals surface area contributed by atoms with E-state index in [0.717, 1.165) is 0 Å². The fraction of sp³-hybridized carbons (Fsp3) is 0.429. The minimum absolute atomic E-state index is 0. The van der Waals surface area contributed by atoms with E-state index in [1.54, 1.807) is 33.8 Å². The Hall–Kier alpha value is -2.29. The maximum atomic E-state index is 13.0. The van der Waals surface area contributed by atoms with Gasteiger partial charge in [0, 0.05) is 30.1 Å². The van der Waals surface area contributed by atoms with Crippen LogP contribution in [0.5, 0.6) is 0 Å². The average Bonchev–Trinajstić information content (AvgIpc) is 2.75. The van der Waals surface area contributed by atoms with Crippen molar-refractivity contribution in [2.45, 2.75) is 33.6 Å². The van der Waals surface area contributed by atoms with Crippen molar-refractivity contribution in [2.24, 2.45) is 0 Å². The van der Waals surface area contributed by atoms with E-state index in [4.69, 9.17) is 9.47 Å². The maximum Gasteiger partial charge on any atom is 1.00 e. The number of rotatable bonds is 10. The molecule has 0 amide bonds. The van der Waals surface area contributed by atoms with E-state index in [9.17, 15) is 32.7 Å². The van der Waals surface area contributed by atoms with Crippen LogP contribution in [0.2, 0.25) is 0 Å². The van der Waals surface area contributed by atoms with Crippen molar-refractivity contribution in [3.8, 4) is 0 Å². The summed E-state index contributed by atoms with van der Waals surface area (Å²) in [6.45, 7) is 5.59. The summed E-state index contributed by atoms with van der Waals surface area (Å²) in [7, 11) is -4.96. The van der Waals surface area contributed by atoms with E-state index in [1.165, 1.54) is 23.1 Å². The largest absolute Gasteiger partial charge is 1.00 e. The quantitative estimate of drug-likeness (QED) is 0.0942. The molecule has 0 spiro atoms. The van der Waals surface area contributed by atoms with Gasteiger partial charge in [-0.1, -0.05) is 12.1 Å². The molecule has 14 heteroatoms. The molecule has 0 atom stereocenters. The van der Waals surface area contributed by atoms with Crippen molar-refractivity contribution >= 4 is 28.0 Å². The molecular weight excluding hydrogens is 495 g/mol. The van der Waals surface area contributed by atoms with Gasteiger partial charge in [-0.05, 0) is 33.3 Å². The van der Waals surface area contributed by atoms with E-state index in [-0.39, 0.29) is 71.7 Å². The summed E-state index contributed by atoms with van der Waals surface area (Å²) in [4.78, 5) is 38.3. The van der Waals surface area contributed by atoms with Gasteiger partial charge in [0.25, 0.3) is 5.69 Å². The number of hydrogen-bond acceptors (Lipinski definition) is 11. The number of nitrogens with zero attached hydrogens (tertiary/aromatic N) is 2. The van der Waals surface area contributed by atoms with Crippen molar-refractivity contribution in [3.63, 3.8) is 0 Å². The molecule has 1 aliphatic heterocycles. The van der Waals surface area contributed by atoms with Gasteiger partial charge in [0.05, 0.1) is 41.8 Å². The van der Waals surface area contributed by atoms with Gasteiger partial charge in [-0.2, -0.15) is 0 Å². The molecular formula is C21H25N2NaO10S. The Labute approximate surface area is 225 Å². The smallest absolute Gasteiger partial charge is 0.726 e. The van der Waals surface area contributed by atoms with Crippen molar-refractivity contribution in [1.82, 2.24) is 4.90 Å². The fourth-order valence-corrected chi connectivity index (χ4v) is 4.05. The molecule has 0 aliphatic carbocycles. The minimum Gasteiger partial charge on any atom is -0.726 e. The first-order valence-corrected chi connectivity index (χ1v) is 11.6. The first-order valence-electron chi connectivity index (χ1n) is 10.3. The summed E-state index contributed by atoms with van der Waals surface area (Å²) in [5.74, 6) is -2.60. The monoisotopic (exact) mass is 520 g/mol. The predicted molar refractivity (Wildman–Crippen MR) is 117 cm³/mol. The van der Waals surface area contributed by atoms with Gasteiger partial charge >= 0.3 is 41.5 Å². The molecule has 2 rings (SSSR count). The van der Waals surface area contributed by atoms with Gasteiger partial charge in [0.2, 0.25) is 10.4 Å². The molecule has 35 heavy (non-hydrogen) atoms. The number of carbonyl (C=O) groups is 2. The number of allylic oxidation sites excluding steroid dienone is 2. The van der Waals surface area contributed by atoms with Crippen LogP contribution in [0.1, 0.15) is 39.2 Å². The Bertz CT molecular complexity index is 1100. The van der Waals surface area contributed by atoms with Crippen molar-refractivity contribution in [1.29, 1.82) is 0 Å². The summed E-state index contributed by atoms with van der Waals surface area (Å²) in [6.07, 6.45) is 0. The van der Waals surface area contributed by atoms with Crippen LogP contribution >= 0.6 is 0 Å². The predicted octanol–water partition coefficient (Wildman–Crippen LogP) is -0.851. The van der Waals surface area contributed by atoms with Gasteiger partial charge in [0.15, 0.2) is 0 Å². The normalized spacial score (nSPS) is 14.5. The molecule has 0 bridgehead atoms. The Morgan fingerprint density at radius 3 is 2.00 bits per heavy atom. The molecule has 12 nitrogen and oxygen atoms in total. The van der Waals surface area contributed by atoms with E-state index in [1.807, 2.05) is 0 Å². The molecule has 0 radical (unpaired) electrons. The minimum atomic E-state index is -4.96. The van der Waals surface area contributed by atoms with Crippen LogP contribution in [0.15, 0.2) is 46.8 Å². The number of hydrogen-bond donors (Lipinski definition) is 0. The van der Waals surface area contributed by atoms with Crippen LogP contribution in [-0.2, 0) is 33.6 Å². The fourth-order valence-electron chi connectivity index (χ4n) is 3.77. The van der Waals surface area contributed by atoms with Crippen molar-refractivity contribution in [2.75, 3.05) is 26.4 Å². The second kappa shape index (κ2) is 13.1. The number of nitro groups is 1. The van der Waals surface area contributed by atoms with Crippen LogP contribution in [0, 0.1) is 10.1 Å². The number of ether oxygens (including phenoxy) is 2. The molecule has 0 aromatic heterocycles. The SMILES string of the molecule is CCOC(=O)C1=C(C)N(CCOS(=O)(=O)[O-])C(C)=C(C(=O)OCC)C1c1cccc([N+](=O)[O-])c1.[Na+]. The Kier molecular flexibility index (Phi) is 11.5. The molecule has 1 aromatic rings. The molecule has 1 aliphatic rings. The van der Waals surface area contributed by atoms with Crippen LogP contribution < -0.4 is 29.6 Å². The summed E-state index contributed by atoms with van der Waals surface area (Å²) in [5.41, 5.74) is 0.675. The second-order valence-electron chi connectivity index (χ2n) is 7.11. The van der Waals surface area contributed by atoms with Crippen LogP contribution in [0.4, 0.5) is 5.69 Å². The molecule has 1 heterocycles. The van der Waals surface area contributed by atoms with Crippen LogP contribution in [-0.4, -0.2) is 61.1 Å². The van der Waals surface area contributed by atoms with Gasteiger partial charge < -0.3 is 18.9 Å².